The lowest BCUT2D eigenvalue weighted by Crippen LogP contribution is -2.01. The van der Waals surface area contributed by atoms with E-state index in [1.165, 1.54) is 24.4 Å². The number of halogens is 1. The van der Waals surface area contributed by atoms with Crippen LogP contribution in [0.4, 0.5) is 4.39 Å². The second-order valence-electron chi connectivity index (χ2n) is 5.77. The molecule has 0 aliphatic carbocycles. The van der Waals surface area contributed by atoms with Crippen molar-refractivity contribution in [3.63, 3.8) is 0 Å². The lowest BCUT2D eigenvalue weighted by Gasteiger charge is -2.06. The van der Waals surface area contributed by atoms with Crippen molar-refractivity contribution in [2.24, 2.45) is 0 Å². The van der Waals surface area contributed by atoms with Gasteiger partial charge in [-0.1, -0.05) is 18.2 Å². The molecule has 0 radical (unpaired) electrons. The molecular formula is C18H13FN4O2S. The van der Waals surface area contributed by atoms with Crippen LogP contribution >= 0.6 is 0 Å². The van der Waals surface area contributed by atoms with Crippen LogP contribution in [0.5, 0.6) is 0 Å². The van der Waals surface area contributed by atoms with Gasteiger partial charge < -0.3 is 0 Å². The van der Waals surface area contributed by atoms with Crippen molar-refractivity contribution < 1.29 is 12.8 Å². The van der Waals surface area contributed by atoms with E-state index in [0.29, 0.717) is 22.3 Å². The summed E-state index contributed by atoms with van der Waals surface area (Å²) in [4.78, 5) is 8.81. The van der Waals surface area contributed by atoms with Gasteiger partial charge in [0, 0.05) is 6.26 Å². The van der Waals surface area contributed by atoms with Gasteiger partial charge in [0.1, 0.15) is 16.9 Å². The van der Waals surface area contributed by atoms with Crippen molar-refractivity contribution in [1.82, 2.24) is 19.7 Å². The van der Waals surface area contributed by atoms with Crippen molar-refractivity contribution in [2.45, 2.75) is 4.90 Å². The maximum absolute atomic E-state index is 13.9. The van der Waals surface area contributed by atoms with Gasteiger partial charge in [-0.25, -0.2) is 27.5 Å². The molecule has 2 aromatic heterocycles. The standard InChI is InChI=1S/C18H13FN4O2S/c1-26(24,25)13-6-4-5-12(9-13)23-17-11-20-18(22-16(17)10-21-23)14-7-2-3-8-15(14)19/h2-11H,1H3. The zero-order chi connectivity index (χ0) is 18.3. The molecule has 4 aromatic rings. The average Bonchev–Trinajstić information content (AvgIpc) is 3.05. The normalized spacial score (nSPS) is 11.8. The molecule has 0 fully saturated rings. The minimum Gasteiger partial charge on any atom is -0.234 e. The van der Waals surface area contributed by atoms with Gasteiger partial charge in [0.15, 0.2) is 15.7 Å². The van der Waals surface area contributed by atoms with E-state index in [-0.39, 0.29) is 10.7 Å². The fraction of sp³-hybridized carbons (Fsp3) is 0.0556. The minimum atomic E-state index is -3.33. The largest absolute Gasteiger partial charge is 0.234 e. The predicted octanol–water partition coefficient (Wildman–Crippen LogP) is 3.03. The molecule has 8 heteroatoms. The first-order chi connectivity index (χ1) is 12.4. The fourth-order valence-electron chi connectivity index (χ4n) is 2.65. The third kappa shape index (κ3) is 2.84. The Labute approximate surface area is 148 Å². The quantitative estimate of drug-likeness (QED) is 0.555. The predicted molar refractivity (Wildman–Crippen MR) is 95.2 cm³/mol. The van der Waals surface area contributed by atoms with Crippen LogP contribution in [0.3, 0.4) is 0 Å². The van der Waals surface area contributed by atoms with Gasteiger partial charge in [0.2, 0.25) is 0 Å². The lowest BCUT2D eigenvalue weighted by molar-refractivity contribution is 0.601. The number of hydrogen-bond donors (Lipinski definition) is 0. The molecule has 4 rings (SSSR count). The van der Waals surface area contributed by atoms with E-state index in [1.807, 2.05) is 0 Å². The molecule has 130 valence electrons. The van der Waals surface area contributed by atoms with Crippen LogP contribution in [0.25, 0.3) is 28.1 Å². The Hall–Kier alpha value is -3.13. The number of fused-ring (bicyclic) bond motifs is 1. The van der Waals surface area contributed by atoms with Crippen molar-refractivity contribution >= 4 is 20.9 Å². The van der Waals surface area contributed by atoms with Crippen molar-refractivity contribution in [3.8, 4) is 17.1 Å². The molecule has 0 atom stereocenters. The molecule has 0 aliphatic rings. The Kier molecular flexibility index (Phi) is 3.77. The SMILES string of the molecule is CS(=O)(=O)c1cccc(-n2ncc3nc(-c4ccccc4F)ncc32)c1. The molecule has 0 unspecified atom stereocenters. The van der Waals surface area contributed by atoms with Gasteiger partial charge in [-0.05, 0) is 30.3 Å². The zero-order valence-corrected chi connectivity index (χ0v) is 14.5. The summed E-state index contributed by atoms with van der Waals surface area (Å²) in [6.07, 6.45) is 4.23. The molecule has 0 saturated carbocycles. The average molecular weight is 368 g/mol. The van der Waals surface area contributed by atoms with Gasteiger partial charge in [0.05, 0.1) is 28.5 Å². The van der Waals surface area contributed by atoms with Crippen LogP contribution in [0, 0.1) is 5.82 Å². The molecule has 0 bridgehead atoms. The van der Waals surface area contributed by atoms with E-state index in [2.05, 4.69) is 15.1 Å². The van der Waals surface area contributed by atoms with Crippen LogP contribution in [0.2, 0.25) is 0 Å². The summed E-state index contributed by atoms with van der Waals surface area (Å²) in [6.45, 7) is 0. The van der Waals surface area contributed by atoms with Gasteiger partial charge in [-0.2, -0.15) is 5.10 Å². The van der Waals surface area contributed by atoms with Gasteiger partial charge in [-0.3, -0.25) is 0 Å². The van der Waals surface area contributed by atoms with Crippen LogP contribution in [0.15, 0.2) is 65.8 Å². The topological polar surface area (TPSA) is 77.7 Å². The molecule has 0 spiro atoms. The minimum absolute atomic E-state index is 0.197. The lowest BCUT2D eigenvalue weighted by atomic mass is 10.2. The highest BCUT2D eigenvalue weighted by Gasteiger charge is 2.13. The van der Waals surface area contributed by atoms with Gasteiger partial charge in [-0.15, -0.1) is 0 Å². The Morgan fingerprint density at radius 3 is 2.62 bits per heavy atom. The summed E-state index contributed by atoms with van der Waals surface area (Å²) in [5.74, 6) is -0.139. The molecule has 0 aliphatic heterocycles. The Balaban J connectivity index is 1.83. The van der Waals surface area contributed by atoms with E-state index in [9.17, 15) is 12.8 Å². The zero-order valence-electron chi connectivity index (χ0n) is 13.7. The van der Waals surface area contributed by atoms with Crippen molar-refractivity contribution in [1.29, 1.82) is 0 Å². The summed E-state index contributed by atoms with van der Waals surface area (Å²) in [5, 5.41) is 4.27. The Morgan fingerprint density at radius 2 is 1.85 bits per heavy atom. The maximum Gasteiger partial charge on any atom is 0.175 e. The Morgan fingerprint density at radius 1 is 1.04 bits per heavy atom. The van der Waals surface area contributed by atoms with Crippen LogP contribution in [-0.4, -0.2) is 34.4 Å². The maximum atomic E-state index is 13.9. The van der Waals surface area contributed by atoms with E-state index >= 15 is 0 Å². The second-order valence-corrected chi connectivity index (χ2v) is 7.79. The Bertz CT molecular complexity index is 1230. The first-order valence-electron chi connectivity index (χ1n) is 7.70. The number of hydrogen-bond acceptors (Lipinski definition) is 5. The molecule has 0 saturated heterocycles. The highest BCUT2D eigenvalue weighted by Crippen LogP contribution is 2.23. The van der Waals surface area contributed by atoms with E-state index in [1.54, 1.807) is 41.2 Å². The third-order valence-corrected chi connectivity index (χ3v) is 5.04. The highest BCUT2D eigenvalue weighted by molar-refractivity contribution is 7.90. The summed E-state index contributed by atoms with van der Waals surface area (Å²) >= 11 is 0. The smallest absolute Gasteiger partial charge is 0.175 e. The van der Waals surface area contributed by atoms with E-state index in [0.717, 1.165) is 6.26 Å². The number of rotatable bonds is 3. The summed E-state index contributed by atoms with van der Waals surface area (Å²) in [7, 11) is -3.33. The molecule has 26 heavy (non-hydrogen) atoms. The molecule has 2 aromatic carbocycles. The monoisotopic (exact) mass is 368 g/mol. The number of nitrogens with zero attached hydrogens (tertiary/aromatic N) is 4. The first-order valence-corrected chi connectivity index (χ1v) is 9.59. The highest BCUT2D eigenvalue weighted by atomic mass is 32.2. The molecule has 0 N–H and O–H groups in total. The van der Waals surface area contributed by atoms with Gasteiger partial charge >= 0.3 is 0 Å². The fourth-order valence-corrected chi connectivity index (χ4v) is 3.31. The summed E-state index contributed by atoms with van der Waals surface area (Å²) < 4.78 is 39.0. The molecule has 2 heterocycles. The summed E-state index contributed by atoms with van der Waals surface area (Å²) in [5.41, 5.74) is 2.00. The van der Waals surface area contributed by atoms with Crippen LogP contribution in [0.1, 0.15) is 0 Å². The van der Waals surface area contributed by atoms with Crippen LogP contribution in [-0.2, 0) is 9.84 Å². The second kappa shape index (κ2) is 5.99. The molecular weight excluding hydrogens is 355 g/mol. The number of sulfone groups is 1. The van der Waals surface area contributed by atoms with E-state index in [4.69, 9.17) is 0 Å². The summed E-state index contributed by atoms with van der Waals surface area (Å²) in [6, 6.07) is 12.7. The van der Waals surface area contributed by atoms with E-state index < -0.39 is 15.7 Å². The number of benzene rings is 2. The molecule has 6 nitrogen and oxygen atoms in total. The number of aromatic nitrogens is 4. The third-order valence-electron chi connectivity index (χ3n) is 3.93. The molecule has 0 amide bonds. The van der Waals surface area contributed by atoms with Crippen molar-refractivity contribution in [2.75, 3.05) is 6.26 Å². The van der Waals surface area contributed by atoms with Crippen molar-refractivity contribution in [3.05, 3.63) is 66.7 Å². The van der Waals surface area contributed by atoms with Gasteiger partial charge in [0.25, 0.3) is 0 Å². The van der Waals surface area contributed by atoms with Crippen LogP contribution < -0.4 is 0 Å². The first kappa shape index (κ1) is 16.3.